The fourth-order valence-electron chi connectivity index (χ4n) is 0.663. The van der Waals surface area contributed by atoms with Crippen molar-refractivity contribution in [2.75, 3.05) is 26.3 Å². The Labute approximate surface area is 133 Å². The topological polar surface area (TPSA) is 105 Å². The van der Waals surface area contributed by atoms with Crippen molar-refractivity contribution in [3.8, 4) is 0 Å². The van der Waals surface area contributed by atoms with Crippen molar-refractivity contribution in [3.63, 3.8) is 0 Å². The van der Waals surface area contributed by atoms with Crippen LogP contribution in [0.3, 0.4) is 0 Å². The van der Waals surface area contributed by atoms with Crippen molar-refractivity contribution in [3.05, 3.63) is 24.8 Å². The molecule has 7 heteroatoms. The van der Waals surface area contributed by atoms with E-state index in [1.165, 1.54) is 0 Å². The van der Waals surface area contributed by atoms with Gasteiger partial charge in [0.05, 0.1) is 13.2 Å². The standard InChI is InChI=1S/C9H16N2O4.C3H6.C2H6.CH2O/c1-7(2)8(13)15-6-4-11-9(14)10-3-5-12;1-3-2;2*1-2/h12H,1,3-6H2,2H3,(H2,10,11,14);3H,1H2,2H3;1-2H3;1H2. The van der Waals surface area contributed by atoms with Crippen LogP contribution in [0.1, 0.15) is 27.7 Å². The molecule has 0 saturated heterocycles. The highest BCUT2D eigenvalue weighted by molar-refractivity contribution is 5.86. The number of urea groups is 1. The summed E-state index contributed by atoms with van der Waals surface area (Å²) in [6.45, 7) is 16.6. The highest BCUT2D eigenvalue weighted by Crippen LogP contribution is 1.90. The number of amides is 2. The minimum Gasteiger partial charge on any atom is -0.460 e. The van der Waals surface area contributed by atoms with Gasteiger partial charge in [-0.1, -0.05) is 26.5 Å². The largest absolute Gasteiger partial charge is 0.460 e. The number of allylic oxidation sites excluding steroid dienone is 1. The van der Waals surface area contributed by atoms with Crippen molar-refractivity contribution in [1.29, 1.82) is 0 Å². The summed E-state index contributed by atoms with van der Waals surface area (Å²) < 4.78 is 4.73. The van der Waals surface area contributed by atoms with Crippen LogP contribution >= 0.6 is 0 Å². The minimum atomic E-state index is -0.479. The molecule has 7 nitrogen and oxygen atoms in total. The number of aliphatic hydroxyl groups excluding tert-OH is 1. The number of carbonyl (C=O) groups excluding carboxylic acids is 3. The third kappa shape index (κ3) is 30.7. The van der Waals surface area contributed by atoms with Crippen LogP contribution in [0.2, 0.25) is 0 Å². The maximum Gasteiger partial charge on any atom is 0.333 e. The minimum absolute atomic E-state index is 0.0955. The van der Waals surface area contributed by atoms with Gasteiger partial charge in [-0.3, -0.25) is 0 Å². The second-order valence-electron chi connectivity index (χ2n) is 3.23. The van der Waals surface area contributed by atoms with Crippen LogP contribution in [0, 0.1) is 0 Å². The van der Waals surface area contributed by atoms with Gasteiger partial charge < -0.3 is 25.3 Å². The van der Waals surface area contributed by atoms with Crippen molar-refractivity contribution in [2.45, 2.75) is 27.7 Å². The van der Waals surface area contributed by atoms with Gasteiger partial charge in [-0.15, -0.1) is 6.58 Å². The maximum absolute atomic E-state index is 10.9. The molecule has 22 heavy (non-hydrogen) atoms. The first-order valence-electron chi connectivity index (χ1n) is 6.80. The molecule has 0 spiro atoms. The Kier molecular flexibility index (Phi) is 34.8. The summed E-state index contributed by atoms with van der Waals surface area (Å²) in [7, 11) is 0. The van der Waals surface area contributed by atoms with Gasteiger partial charge in [-0.25, -0.2) is 9.59 Å². The first kappa shape index (κ1) is 28.1. The average molecular weight is 318 g/mol. The molecule has 0 fully saturated rings. The van der Waals surface area contributed by atoms with Gasteiger partial charge in [0.15, 0.2) is 0 Å². The molecule has 0 aromatic carbocycles. The summed E-state index contributed by atoms with van der Waals surface area (Å²) >= 11 is 0. The first-order valence-corrected chi connectivity index (χ1v) is 6.80. The SMILES string of the molecule is C=C(C)C(=O)OCCNC(=O)NCCO.C=CC.C=O.CC. The van der Waals surface area contributed by atoms with E-state index in [4.69, 9.17) is 14.6 Å². The molecule has 0 bridgehead atoms. The summed E-state index contributed by atoms with van der Waals surface area (Å²) in [6, 6.07) is -0.407. The fourth-order valence-corrected chi connectivity index (χ4v) is 0.663. The number of ether oxygens (including phenoxy) is 1. The number of hydrogen-bond acceptors (Lipinski definition) is 5. The fraction of sp³-hybridized carbons (Fsp3) is 0.533. The Morgan fingerprint density at radius 3 is 1.95 bits per heavy atom. The van der Waals surface area contributed by atoms with E-state index in [0.29, 0.717) is 5.57 Å². The second-order valence-corrected chi connectivity index (χ2v) is 3.23. The zero-order valence-electron chi connectivity index (χ0n) is 14.1. The van der Waals surface area contributed by atoms with Crippen molar-refractivity contribution >= 4 is 18.8 Å². The monoisotopic (exact) mass is 318 g/mol. The van der Waals surface area contributed by atoms with Gasteiger partial charge in [-0.05, 0) is 13.8 Å². The Hall–Kier alpha value is -2.15. The number of aliphatic hydroxyl groups is 1. The molecule has 0 aliphatic rings. The summed E-state index contributed by atoms with van der Waals surface area (Å²) in [6.07, 6.45) is 1.75. The van der Waals surface area contributed by atoms with Gasteiger partial charge in [0.25, 0.3) is 0 Å². The highest BCUT2D eigenvalue weighted by atomic mass is 16.5. The predicted octanol–water partition coefficient (Wildman–Crippen LogP) is 1.43. The number of hydrogen-bond donors (Lipinski definition) is 3. The van der Waals surface area contributed by atoms with Crippen molar-refractivity contribution in [1.82, 2.24) is 10.6 Å². The van der Waals surface area contributed by atoms with E-state index in [2.05, 4.69) is 23.8 Å². The van der Waals surface area contributed by atoms with E-state index < -0.39 is 12.0 Å². The van der Waals surface area contributed by atoms with Crippen LogP contribution in [0.25, 0.3) is 0 Å². The van der Waals surface area contributed by atoms with E-state index in [9.17, 15) is 9.59 Å². The summed E-state index contributed by atoms with van der Waals surface area (Å²) in [4.78, 5) is 29.8. The van der Waals surface area contributed by atoms with Crippen molar-refractivity contribution in [2.24, 2.45) is 0 Å². The van der Waals surface area contributed by atoms with E-state index in [1.54, 1.807) is 13.0 Å². The molecule has 0 aliphatic heterocycles. The molecule has 0 radical (unpaired) electrons. The lowest BCUT2D eigenvalue weighted by atomic mass is 10.4. The zero-order valence-corrected chi connectivity index (χ0v) is 14.1. The molecule has 0 heterocycles. The van der Waals surface area contributed by atoms with Gasteiger partial charge in [0.2, 0.25) is 0 Å². The molecule has 0 rings (SSSR count). The smallest absolute Gasteiger partial charge is 0.333 e. The molecular weight excluding hydrogens is 288 g/mol. The second kappa shape index (κ2) is 27.2. The molecule has 0 aromatic heterocycles. The first-order chi connectivity index (χ1) is 10.5. The quantitative estimate of drug-likeness (QED) is 0.297. The molecule has 0 atom stereocenters. The van der Waals surface area contributed by atoms with Crippen LogP contribution in [-0.4, -0.2) is 50.2 Å². The molecule has 0 aliphatic carbocycles. The predicted molar refractivity (Wildman–Crippen MR) is 88.6 cm³/mol. The number of carbonyl (C=O) groups is 3. The Morgan fingerprint density at radius 2 is 1.59 bits per heavy atom. The van der Waals surface area contributed by atoms with Crippen LogP contribution in [-0.2, 0) is 14.3 Å². The molecular formula is C15H30N2O5. The van der Waals surface area contributed by atoms with Gasteiger partial charge in [0.1, 0.15) is 13.4 Å². The normalized spacial score (nSPS) is 7.32. The average Bonchev–Trinajstić information content (AvgIpc) is 2.53. The van der Waals surface area contributed by atoms with E-state index in [1.807, 2.05) is 27.6 Å². The Morgan fingerprint density at radius 1 is 1.18 bits per heavy atom. The van der Waals surface area contributed by atoms with Crippen LogP contribution in [0.5, 0.6) is 0 Å². The molecule has 2 amide bonds. The van der Waals surface area contributed by atoms with Crippen LogP contribution in [0.15, 0.2) is 24.8 Å². The Balaban J connectivity index is -0.000000198. The number of nitrogens with one attached hydrogen (secondary N) is 2. The lowest BCUT2D eigenvalue weighted by Gasteiger charge is -2.07. The zero-order chi connectivity index (χ0) is 18.4. The number of rotatable bonds is 6. The lowest BCUT2D eigenvalue weighted by Crippen LogP contribution is -2.38. The van der Waals surface area contributed by atoms with Crippen LogP contribution < -0.4 is 10.6 Å². The molecule has 0 aromatic rings. The molecule has 0 saturated carbocycles. The molecule has 0 unspecified atom stereocenters. The summed E-state index contributed by atoms with van der Waals surface area (Å²) in [5.41, 5.74) is 0.319. The van der Waals surface area contributed by atoms with Gasteiger partial charge >= 0.3 is 12.0 Å². The van der Waals surface area contributed by atoms with Crippen LogP contribution in [0.4, 0.5) is 4.79 Å². The third-order valence-corrected chi connectivity index (χ3v) is 1.37. The lowest BCUT2D eigenvalue weighted by molar-refractivity contribution is -0.138. The van der Waals surface area contributed by atoms with Gasteiger partial charge in [0, 0.05) is 12.1 Å². The number of esters is 1. The van der Waals surface area contributed by atoms with E-state index >= 15 is 0 Å². The molecule has 130 valence electrons. The highest BCUT2D eigenvalue weighted by Gasteiger charge is 2.03. The summed E-state index contributed by atoms with van der Waals surface area (Å²) in [5.74, 6) is -0.479. The van der Waals surface area contributed by atoms with Gasteiger partial charge in [-0.2, -0.15) is 0 Å². The Bertz CT molecular complexity index is 294. The van der Waals surface area contributed by atoms with E-state index in [-0.39, 0.29) is 26.3 Å². The molecule has 3 N–H and O–H groups in total. The van der Waals surface area contributed by atoms with Crippen molar-refractivity contribution < 1.29 is 24.2 Å². The maximum atomic E-state index is 10.9. The van der Waals surface area contributed by atoms with E-state index in [0.717, 1.165) is 0 Å². The summed E-state index contributed by atoms with van der Waals surface area (Å²) in [5, 5.41) is 13.2. The third-order valence-electron chi connectivity index (χ3n) is 1.37.